The SMILES string of the molecule is CC(CCN1CCc2cccc(N)c2C1)c1ccccc1. The summed E-state index contributed by atoms with van der Waals surface area (Å²) in [5.74, 6) is 0.612. The van der Waals surface area contributed by atoms with Crippen LogP contribution in [0.2, 0.25) is 0 Å². The van der Waals surface area contributed by atoms with Gasteiger partial charge in [0.1, 0.15) is 0 Å². The van der Waals surface area contributed by atoms with Crippen molar-refractivity contribution in [1.82, 2.24) is 4.90 Å². The average molecular weight is 280 g/mol. The maximum atomic E-state index is 6.12. The molecule has 0 fully saturated rings. The van der Waals surface area contributed by atoms with E-state index in [1.165, 1.54) is 23.1 Å². The Bertz CT molecular complexity index is 592. The van der Waals surface area contributed by atoms with Crippen LogP contribution in [-0.4, -0.2) is 18.0 Å². The van der Waals surface area contributed by atoms with E-state index in [2.05, 4.69) is 54.3 Å². The first-order valence-corrected chi connectivity index (χ1v) is 7.87. The summed E-state index contributed by atoms with van der Waals surface area (Å²) in [7, 11) is 0. The van der Waals surface area contributed by atoms with Crippen molar-refractivity contribution in [1.29, 1.82) is 0 Å². The third kappa shape index (κ3) is 3.27. The minimum absolute atomic E-state index is 0.612. The van der Waals surface area contributed by atoms with Crippen LogP contribution in [0.25, 0.3) is 0 Å². The summed E-state index contributed by atoms with van der Waals surface area (Å²) >= 11 is 0. The van der Waals surface area contributed by atoms with Crippen LogP contribution in [0.15, 0.2) is 48.5 Å². The fourth-order valence-electron chi connectivity index (χ4n) is 3.18. The van der Waals surface area contributed by atoms with Gasteiger partial charge < -0.3 is 5.73 Å². The zero-order valence-corrected chi connectivity index (χ0v) is 12.8. The number of anilines is 1. The van der Waals surface area contributed by atoms with Crippen LogP contribution in [0.5, 0.6) is 0 Å². The molecular formula is C19H24N2. The molecule has 2 aromatic carbocycles. The number of hydrogen-bond donors (Lipinski definition) is 1. The van der Waals surface area contributed by atoms with Crippen LogP contribution in [0.1, 0.15) is 36.0 Å². The van der Waals surface area contributed by atoms with Crippen LogP contribution in [-0.2, 0) is 13.0 Å². The highest BCUT2D eigenvalue weighted by molar-refractivity contribution is 5.51. The summed E-state index contributed by atoms with van der Waals surface area (Å²) in [5, 5.41) is 0. The molecular weight excluding hydrogens is 256 g/mol. The second kappa shape index (κ2) is 6.31. The fourth-order valence-corrected chi connectivity index (χ4v) is 3.18. The number of nitrogens with two attached hydrogens (primary N) is 1. The Kier molecular flexibility index (Phi) is 4.26. The number of fused-ring (bicyclic) bond motifs is 1. The van der Waals surface area contributed by atoms with E-state index >= 15 is 0 Å². The second-order valence-electron chi connectivity index (χ2n) is 6.11. The monoisotopic (exact) mass is 280 g/mol. The van der Waals surface area contributed by atoms with Crippen molar-refractivity contribution in [3.05, 3.63) is 65.2 Å². The first-order chi connectivity index (χ1) is 10.2. The third-order valence-electron chi connectivity index (χ3n) is 4.64. The summed E-state index contributed by atoms with van der Waals surface area (Å²) in [6, 6.07) is 17.1. The third-order valence-corrected chi connectivity index (χ3v) is 4.64. The van der Waals surface area contributed by atoms with E-state index in [1.807, 2.05) is 6.07 Å². The topological polar surface area (TPSA) is 29.3 Å². The van der Waals surface area contributed by atoms with Gasteiger partial charge in [0.25, 0.3) is 0 Å². The van der Waals surface area contributed by atoms with Crippen LogP contribution in [0.3, 0.4) is 0 Å². The molecule has 1 aliphatic heterocycles. The Morgan fingerprint density at radius 1 is 1.10 bits per heavy atom. The molecule has 2 N–H and O–H groups in total. The van der Waals surface area contributed by atoms with Gasteiger partial charge in [0.05, 0.1) is 0 Å². The Labute approximate surface area is 127 Å². The molecule has 1 atom stereocenters. The number of rotatable bonds is 4. The molecule has 0 saturated carbocycles. The molecule has 2 heteroatoms. The van der Waals surface area contributed by atoms with Crippen molar-refractivity contribution in [3.63, 3.8) is 0 Å². The molecule has 0 spiro atoms. The maximum absolute atomic E-state index is 6.12. The fraction of sp³-hybridized carbons (Fsp3) is 0.368. The highest BCUT2D eigenvalue weighted by atomic mass is 15.1. The molecule has 110 valence electrons. The number of benzene rings is 2. The summed E-state index contributed by atoms with van der Waals surface area (Å²) in [6.45, 7) is 5.62. The molecule has 2 aromatic rings. The lowest BCUT2D eigenvalue weighted by Gasteiger charge is -2.30. The number of nitrogens with zero attached hydrogens (tertiary/aromatic N) is 1. The molecule has 0 radical (unpaired) electrons. The minimum atomic E-state index is 0.612. The quantitative estimate of drug-likeness (QED) is 0.863. The van der Waals surface area contributed by atoms with Crippen LogP contribution in [0, 0.1) is 0 Å². The van der Waals surface area contributed by atoms with Crippen molar-refractivity contribution >= 4 is 5.69 Å². The molecule has 21 heavy (non-hydrogen) atoms. The molecule has 0 aliphatic carbocycles. The van der Waals surface area contributed by atoms with Gasteiger partial charge in [-0.05, 0) is 48.1 Å². The Morgan fingerprint density at radius 2 is 1.90 bits per heavy atom. The van der Waals surface area contributed by atoms with Crippen molar-refractivity contribution < 1.29 is 0 Å². The molecule has 0 aromatic heterocycles. The lowest BCUT2D eigenvalue weighted by Crippen LogP contribution is -2.32. The van der Waals surface area contributed by atoms with Crippen molar-refractivity contribution in [2.45, 2.75) is 32.2 Å². The largest absolute Gasteiger partial charge is 0.398 e. The summed E-state index contributed by atoms with van der Waals surface area (Å²) < 4.78 is 0. The van der Waals surface area contributed by atoms with Crippen molar-refractivity contribution in [2.24, 2.45) is 0 Å². The van der Waals surface area contributed by atoms with E-state index in [0.29, 0.717) is 5.92 Å². The summed E-state index contributed by atoms with van der Waals surface area (Å²) in [6.07, 6.45) is 2.33. The van der Waals surface area contributed by atoms with Gasteiger partial charge in [0.2, 0.25) is 0 Å². The van der Waals surface area contributed by atoms with E-state index < -0.39 is 0 Å². The van der Waals surface area contributed by atoms with E-state index in [1.54, 1.807) is 0 Å². The van der Waals surface area contributed by atoms with Gasteiger partial charge >= 0.3 is 0 Å². The molecule has 0 bridgehead atoms. The van der Waals surface area contributed by atoms with E-state index in [-0.39, 0.29) is 0 Å². The van der Waals surface area contributed by atoms with Gasteiger partial charge in [-0.3, -0.25) is 4.90 Å². The van der Waals surface area contributed by atoms with Gasteiger partial charge in [-0.15, -0.1) is 0 Å². The number of nitrogen functional groups attached to an aromatic ring is 1. The lowest BCUT2D eigenvalue weighted by atomic mass is 9.95. The predicted octanol–water partition coefficient (Wildman–Crippen LogP) is 3.82. The molecule has 0 amide bonds. The molecule has 1 unspecified atom stereocenters. The van der Waals surface area contributed by atoms with Crippen LogP contribution >= 0.6 is 0 Å². The highest BCUT2D eigenvalue weighted by Gasteiger charge is 2.18. The van der Waals surface area contributed by atoms with Crippen LogP contribution < -0.4 is 5.73 Å². The first-order valence-electron chi connectivity index (χ1n) is 7.87. The zero-order valence-electron chi connectivity index (χ0n) is 12.8. The van der Waals surface area contributed by atoms with Gasteiger partial charge in [0.15, 0.2) is 0 Å². The lowest BCUT2D eigenvalue weighted by molar-refractivity contribution is 0.246. The van der Waals surface area contributed by atoms with Gasteiger partial charge in [-0.25, -0.2) is 0 Å². The van der Waals surface area contributed by atoms with Crippen LogP contribution in [0.4, 0.5) is 5.69 Å². The minimum Gasteiger partial charge on any atom is -0.398 e. The first kappa shape index (κ1) is 14.2. The van der Waals surface area contributed by atoms with Crippen molar-refractivity contribution in [3.8, 4) is 0 Å². The molecule has 1 aliphatic rings. The van der Waals surface area contributed by atoms with E-state index in [9.17, 15) is 0 Å². The smallest absolute Gasteiger partial charge is 0.0362 e. The Morgan fingerprint density at radius 3 is 2.71 bits per heavy atom. The highest BCUT2D eigenvalue weighted by Crippen LogP contribution is 2.25. The molecule has 2 nitrogen and oxygen atoms in total. The van der Waals surface area contributed by atoms with Crippen molar-refractivity contribution in [2.75, 3.05) is 18.8 Å². The van der Waals surface area contributed by atoms with Gasteiger partial charge in [-0.2, -0.15) is 0 Å². The summed E-state index contributed by atoms with van der Waals surface area (Å²) in [5.41, 5.74) is 11.3. The Balaban J connectivity index is 1.59. The van der Waals surface area contributed by atoms with Gasteiger partial charge in [-0.1, -0.05) is 49.4 Å². The van der Waals surface area contributed by atoms with E-state index in [0.717, 1.165) is 31.7 Å². The van der Waals surface area contributed by atoms with E-state index in [4.69, 9.17) is 5.73 Å². The Hall–Kier alpha value is -1.80. The molecule has 0 saturated heterocycles. The average Bonchev–Trinajstić information content (AvgIpc) is 2.54. The van der Waals surface area contributed by atoms with Gasteiger partial charge in [0, 0.05) is 18.8 Å². The zero-order chi connectivity index (χ0) is 14.7. The second-order valence-corrected chi connectivity index (χ2v) is 6.11. The standard InChI is InChI=1S/C19H24N2/c1-15(16-6-3-2-4-7-16)10-12-21-13-11-17-8-5-9-19(20)18(17)14-21/h2-9,15H,10-14,20H2,1H3. The summed E-state index contributed by atoms with van der Waals surface area (Å²) in [4.78, 5) is 2.54. The number of hydrogen-bond acceptors (Lipinski definition) is 2. The maximum Gasteiger partial charge on any atom is 0.0362 e. The molecule has 3 rings (SSSR count). The predicted molar refractivity (Wildman–Crippen MR) is 89.3 cm³/mol. The molecule has 1 heterocycles. The normalized spacial score (nSPS) is 16.4.